The van der Waals surface area contributed by atoms with Gasteiger partial charge in [-0.05, 0) is 30.4 Å². The molecule has 0 saturated heterocycles. The molecule has 0 aliphatic rings. The maximum atomic E-state index is 6.18. The van der Waals surface area contributed by atoms with Crippen molar-refractivity contribution in [1.82, 2.24) is 0 Å². The fourth-order valence-electron chi connectivity index (χ4n) is 1.37. The molecule has 1 rings (SSSR count). The lowest BCUT2D eigenvalue weighted by molar-refractivity contribution is 0.565. The molecule has 0 radical (unpaired) electrons. The highest BCUT2D eigenvalue weighted by molar-refractivity contribution is 6.42. The van der Waals surface area contributed by atoms with Crippen molar-refractivity contribution in [3.05, 3.63) is 33.8 Å². The van der Waals surface area contributed by atoms with Gasteiger partial charge < -0.3 is 0 Å². The van der Waals surface area contributed by atoms with Crippen molar-refractivity contribution in [2.75, 3.05) is 0 Å². The normalized spacial score (nSPS) is 13.2. The van der Waals surface area contributed by atoms with E-state index in [1.54, 1.807) is 6.07 Å². The Labute approximate surface area is 107 Å². The molecule has 0 bridgehead atoms. The van der Waals surface area contributed by atoms with Gasteiger partial charge >= 0.3 is 0 Å². The van der Waals surface area contributed by atoms with E-state index in [9.17, 15) is 0 Å². The van der Waals surface area contributed by atoms with Gasteiger partial charge in [0.2, 0.25) is 0 Å². The summed E-state index contributed by atoms with van der Waals surface area (Å²) in [6.07, 6.45) is 1.81. The molecule has 0 N–H and O–H groups in total. The second-order valence-corrected chi connectivity index (χ2v) is 5.36. The molecular weight excluding hydrogens is 250 g/mol. The van der Waals surface area contributed by atoms with E-state index in [4.69, 9.17) is 34.8 Å². The summed E-state index contributed by atoms with van der Waals surface area (Å²) >= 11 is 18.2. The van der Waals surface area contributed by atoms with Crippen molar-refractivity contribution in [3.8, 4) is 0 Å². The summed E-state index contributed by atoms with van der Waals surface area (Å²) in [5.74, 6) is 0.490. The summed E-state index contributed by atoms with van der Waals surface area (Å²) in [5.41, 5.74) is 1.08. The SMILES string of the molecule is CC(C)C(Cl)CCc1cccc(Cl)c1Cl. The molecule has 3 heteroatoms. The minimum atomic E-state index is 0.194. The maximum absolute atomic E-state index is 6.18. The predicted molar refractivity (Wildman–Crippen MR) is 69.3 cm³/mol. The standard InChI is InChI=1S/C12H15Cl3/c1-8(2)10(13)7-6-9-4-3-5-11(14)12(9)15/h3-5,8,10H,6-7H2,1-2H3. The van der Waals surface area contributed by atoms with E-state index in [-0.39, 0.29) is 5.38 Å². The van der Waals surface area contributed by atoms with E-state index in [0.29, 0.717) is 16.0 Å². The monoisotopic (exact) mass is 264 g/mol. The molecule has 0 saturated carbocycles. The third kappa shape index (κ3) is 3.86. The van der Waals surface area contributed by atoms with Crippen LogP contribution >= 0.6 is 34.8 Å². The Kier molecular flexibility index (Phi) is 5.25. The van der Waals surface area contributed by atoms with Gasteiger partial charge in [0, 0.05) is 5.38 Å². The van der Waals surface area contributed by atoms with Crippen LogP contribution in [0.5, 0.6) is 0 Å². The minimum absolute atomic E-state index is 0.194. The molecule has 1 unspecified atom stereocenters. The molecule has 0 aliphatic carbocycles. The highest BCUT2D eigenvalue weighted by Crippen LogP contribution is 2.27. The van der Waals surface area contributed by atoms with Gasteiger partial charge in [0.05, 0.1) is 10.0 Å². The van der Waals surface area contributed by atoms with Crippen LogP contribution in [0.4, 0.5) is 0 Å². The predicted octanol–water partition coefficient (Wildman–Crippen LogP) is 5.19. The molecule has 0 aliphatic heterocycles. The Morgan fingerprint density at radius 3 is 2.47 bits per heavy atom. The molecule has 0 aromatic heterocycles. The van der Waals surface area contributed by atoms with Gasteiger partial charge in [-0.25, -0.2) is 0 Å². The molecule has 0 amide bonds. The number of hydrogen-bond acceptors (Lipinski definition) is 0. The Bertz CT molecular complexity index is 321. The van der Waals surface area contributed by atoms with E-state index in [0.717, 1.165) is 18.4 Å². The highest BCUT2D eigenvalue weighted by Gasteiger charge is 2.11. The van der Waals surface area contributed by atoms with E-state index in [2.05, 4.69) is 13.8 Å². The van der Waals surface area contributed by atoms with Crippen molar-refractivity contribution in [2.24, 2.45) is 5.92 Å². The molecule has 1 aromatic carbocycles. The van der Waals surface area contributed by atoms with Crippen LogP contribution in [-0.2, 0) is 6.42 Å². The van der Waals surface area contributed by atoms with Crippen molar-refractivity contribution in [1.29, 1.82) is 0 Å². The van der Waals surface area contributed by atoms with Crippen LogP contribution in [0.2, 0.25) is 10.0 Å². The van der Waals surface area contributed by atoms with Gasteiger partial charge in [-0.1, -0.05) is 49.2 Å². The van der Waals surface area contributed by atoms with Gasteiger partial charge in [0.15, 0.2) is 0 Å². The van der Waals surface area contributed by atoms with E-state index >= 15 is 0 Å². The summed E-state index contributed by atoms with van der Waals surface area (Å²) < 4.78 is 0. The van der Waals surface area contributed by atoms with Crippen LogP contribution in [0.25, 0.3) is 0 Å². The fourth-order valence-corrected chi connectivity index (χ4v) is 1.89. The number of halogens is 3. The van der Waals surface area contributed by atoms with Crippen molar-refractivity contribution >= 4 is 34.8 Å². The molecule has 84 valence electrons. The van der Waals surface area contributed by atoms with Crippen molar-refractivity contribution in [3.63, 3.8) is 0 Å². The largest absolute Gasteiger partial charge is 0.123 e. The zero-order valence-electron chi connectivity index (χ0n) is 8.93. The third-order valence-electron chi connectivity index (χ3n) is 2.44. The quantitative estimate of drug-likeness (QED) is 0.657. The Morgan fingerprint density at radius 2 is 1.87 bits per heavy atom. The zero-order chi connectivity index (χ0) is 11.4. The second kappa shape index (κ2) is 5.98. The lowest BCUT2D eigenvalue weighted by Gasteiger charge is -2.13. The number of alkyl halides is 1. The maximum Gasteiger partial charge on any atom is 0.0624 e. The Balaban J connectivity index is 2.62. The second-order valence-electron chi connectivity index (χ2n) is 4.01. The van der Waals surface area contributed by atoms with Crippen molar-refractivity contribution in [2.45, 2.75) is 32.1 Å². The van der Waals surface area contributed by atoms with Gasteiger partial charge in [-0.2, -0.15) is 0 Å². The van der Waals surface area contributed by atoms with E-state index in [1.165, 1.54) is 0 Å². The molecule has 0 fully saturated rings. The average Bonchev–Trinajstić information content (AvgIpc) is 2.19. The van der Waals surface area contributed by atoms with E-state index < -0.39 is 0 Å². The zero-order valence-corrected chi connectivity index (χ0v) is 11.2. The van der Waals surface area contributed by atoms with Crippen LogP contribution in [-0.4, -0.2) is 5.38 Å². The molecule has 0 nitrogen and oxygen atoms in total. The van der Waals surface area contributed by atoms with Crippen LogP contribution < -0.4 is 0 Å². The first kappa shape index (κ1) is 13.2. The smallest absolute Gasteiger partial charge is 0.0624 e. The number of aryl methyl sites for hydroxylation is 1. The number of hydrogen-bond donors (Lipinski definition) is 0. The lowest BCUT2D eigenvalue weighted by Crippen LogP contribution is -2.08. The summed E-state index contributed by atoms with van der Waals surface area (Å²) in [7, 11) is 0. The van der Waals surface area contributed by atoms with Gasteiger partial charge in [0.1, 0.15) is 0 Å². The molecule has 0 heterocycles. The average molecular weight is 266 g/mol. The number of benzene rings is 1. The first-order valence-electron chi connectivity index (χ1n) is 5.09. The number of rotatable bonds is 4. The van der Waals surface area contributed by atoms with Gasteiger partial charge in [0.25, 0.3) is 0 Å². The summed E-state index contributed by atoms with van der Waals surface area (Å²) in [6, 6.07) is 5.72. The van der Waals surface area contributed by atoms with Crippen LogP contribution in [0.3, 0.4) is 0 Å². The summed E-state index contributed by atoms with van der Waals surface area (Å²) in [5, 5.41) is 1.47. The van der Waals surface area contributed by atoms with Crippen molar-refractivity contribution < 1.29 is 0 Å². The van der Waals surface area contributed by atoms with Gasteiger partial charge in [-0.3, -0.25) is 0 Å². The van der Waals surface area contributed by atoms with Crippen LogP contribution in [0.15, 0.2) is 18.2 Å². The van der Waals surface area contributed by atoms with E-state index in [1.807, 2.05) is 12.1 Å². The molecule has 0 spiro atoms. The van der Waals surface area contributed by atoms with Crippen LogP contribution in [0.1, 0.15) is 25.8 Å². The van der Waals surface area contributed by atoms with Gasteiger partial charge in [-0.15, -0.1) is 11.6 Å². The molecular formula is C12H15Cl3. The van der Waals surface area contributed by atoms with Crippen LogP contribution in [0, 0.1) is 5.92 Å². The minimum Gasteiger partial charge on any atom is -0.123 e. The summed E-state index contributed by atoms with van der Waals surface area (Å²) in [6.45, 7) is 4.24. The Morgan fingerprint density at radius 1 is 1.20 bits per heavy atom. The molecule has 1 aromatic rings. The first-order valence-corrected chi connectivity index (χ1v) is 6.28. The summed E-state index contributed by atoms with van der Waals surface area (Å²) in [4.78, 5) is 0. The first-order chi connectivity index (χ1) is 7.02. The fraction of sp³-hybridized carbons (Fsp3) is 0.500. The lowest BCUT2D eigenvalue weighted by atomic mass is 10.0. The highest BCUT2D eigenvalue weighted by atomic mass is 35.5. The molecule has 1 atom stereocenters. The Hall–Kier alpha value is 0.0900. The third-order valence-corrected chi connectivity index (χ3v) is 4.02. The topological polar surface area (TPSA) is 0 Å². The molecule has 15 heavy (non-hydrogen) atoms.